The summed E-state index contributed by atoms with van der Waals surface area (Å²) < 4.78 is 5.86. The van der Waals surface area contributed by atoms with E-state index in [-0.39, 0.29) is 0 Å². The van der Waals surface area contributed by atoms with Crippen molar-refractivity contribution in [2.45, 2.75) is 0 Å². The van der Waals surface area contributed by atoms with E-state index in [0.717, 1.165) is 51.1 Å². The predicted octanol–water partition coefficient (Wildman–Crippen LogP) is 4.57. The Bertz CT molecular complexity index is 1660. The summed E-state index contributed by atoms with van der Waals surface area (Å²) in [5.74, 6) is 1.35. The van der Waals surface area contributed by atoms with Gasteiger partial charge in [0, 0.05) is 30.1 Å². The van der Waals surface area contributed by atoms with Crippen LogP contribution in [0.2, 0.25) is 0 Å². The maximum atomic E-state index is 5.86. The van der Waals surface area contributed by atoms with Crippen LogP contribution in [0.3, 0.4) is 0 Å². The van der Waals surface area contributed by atoms with Gasteiger partial charge in [-0.15, -0.1) is 0 Å². The third-order valence-electron chi connectivity index (χ3n) is 5.90. The first kappa shape index (κ1) is 21.9. The molecule has 0 atom stereocenters. The highest BCUT2D eigenvalue weighted by Crippen LogP contribution is 2.31. The van der Waals surface area contributed by atoms with Crippen LogP contribution < -0.4 is 4.74 Å². The summed E-state index contributed by atoms with van der Waals surface area (Å²) >= 11 is 0. The van der Waals surface area contributed by atoms with E-state index in [1.165, 1.54) is 0 Å². The number of pyridine rings is 3. The minimum Gasteiger partial charge on any atom is -0.491 e. The van der Waals surface area contributed by atoms with Crippen LogP contribution in [0, 0.1) is 0 Å². The molecule has 6 rings (SSSR count). The summed E-state index contributed by atoms with van der Waals surface area (Å²) in [6.07, 6.45) is 5.28. The molecule has 0 aliphatic heterocycles. The van der Waals surface area contributed by atoms with E-state index in [9.17, 15) is 0 Å². The largest absolute Gasteiger partial charge is 0.491 e. The first-order valence-corrected chi connectivity index (χ1v) is 11.6. The second kappa shape index (κ2) is 9.20. The smallest absolute Gasteiger partial charge is 0.161 e. The van der Waals surface area contributed by atoms with Crippen LogP contribution >= 0.6 is 0 Å². The molecule has 5 aromatic heterocycles. The van der Waals surface area contributed by atoms with Gasteiger partial charge in [0.2, 0.25) is 0 Å². The number of nitrogens with one attached hydrogen (secondary N) is 2. The number of H-pyrrole nitrogens is 2. The third kappa shape index (κ3) is 4.16. The molecule has 178 valence electrons. The van der Waals surface area contributed by atoms with Crippen molar-refractivity contribution in [3.8, 4) is 39.8 Å². The average Bonchev–Trinajstić information content (AvgIpc) is 3.53. The van der Waals surface area contributed by atoms with Crippen LogP contribution in [0.1, 0.15) is 0 Å². The van der Waals surface area contributed by atoms with Crippen LogP contribution in [-0.2, 0) is 0 Å². The van der Waals surface area contributed by atoms with Gasteiger partial charge in [-0.2, -0.15) is 5.10 Å². The number of aromatic nitrogens is 7. The first-order chi connectivity index (χ1) is 17.7. The molecular weight excluding hydrogens is 452 g/mol. The number of aromatic amines is 2. The summed E-state index contributed by atoms with van der Waals surface area (Å²) in [6, 6.07) is 17.7. The van der Waals surface area contributed by atoms with Crippen LogP contribution in [-0.4, -0.2) is 67.3 Å². The summed E-state index contributed by atoms with van der Waals surface area (Å²) in [5.41, 5.74) is 7.43. The van der Waals surface area contributed by atoms with Crippen LogP contribution in [0.25, 0.3) is 56.1 Å². The van der Waals surface area contributed by atoms with E-state index in [2.05, 4.69) is 30.0 Å². The fourth-order valence-electron chi connectivity index (χ4n) is 4.08. The van der Waals surface area contributed by atoms with Gasteiger partial charge < -0.3 is 14.6 Å². The third-order valence-corrected chi connectivity index (χ3v) is 5.90. The Morgan fingerprint density at radius 2 is 1.83 bits per heavy atom. The van der Waals surface area contributed by atoms with Gasteiger partial charge in [-0.1, -0.05) is 18.2 Å². The molecule has 0 spiro atoms. The Kier molecular flexibility index (Phi) is 5.59. The highest BCUT2D eigenvalue weighted by molar-refractivity contribution is 5.95. The first-order valence-electron chi connectivity index (χ1n) is 11.6. The van der Waals surface area contributed by atoms with Crippen molar-refractivity contribution in [3.63, 3.8) is 0 Å². The van der Waals surface area contributed by atoms with E-state index >= 15 is 0 Å². The van der Waals surface area contributed by atoms with Gasteiger partial charge >= 0.3 is 0 Å². The summed E-state index contributed by atoms with van der Waals surface area (Å²) in [7, 11) is 4.03. The molecular formula is C27H24N8O. The molecule has 0 radical (unpaired) electrons. The van der Waals surface area contributed by atoms with Crippen molar-refractivity contribution >= 4 is 22.1 Å². The molecule has 0 unspecified atom stereocenters. The molecule has 2 N–H and O–H groups in total. The van der Waals surface area contributed by atoms with Crippen LogP contribution in [0.5, 0.6) is 5.75 Å². The highest BCUT2D eigenvalue weighted by Gasteiger charge is 2.17. The van der Waals surface area contributed by atoms with Crippen LogP contribution in [0.15, 0.2) is 73.2 Å². The van der Waals surface area contributed by atoms with Crippen molar-refractivity contribution in [2.24, 2.45) is 0 Å². The number of hydrogen-bond acceptors (Lipinski definition) is 7. The summed E-state index contributed by atoms with van der Waals surface area (Å²) in [6.45, 7) is 1.41. The predicted molar refractivity (Wildman–Crippen MR) is 139 cm³/mol. The molecule has 0 fully saturated rings. The van der Waals surface area contributed by atoms with E-state index in [1.54, 1.807) is 18.6 Å². The lowest BCUT2D eigenvalue weighted by Crippen LogP contribution is -2.19. The highest BCUT2D eigenvalue weighted by atomic mass is 16.5. The van der Waals surface area contributed by atoms with Gasteiger partial charge in [-0.05, 0) is 50.5 Å². The van der Waals surface area contributed by atoms with Crippen molar-refractivity contribution in [1.82, 2.24) is 40.0 Å². The van der Waals surface area contributed by atoms with Gasteiger partial charge in [-0.3, -0.25) is 15.1 Å². The van der Waals surface area contributed by atoms with Crippen LogP contribution in [0.4, 0.5) is 0 Å². The van der Waals surface area contributed by atoms with Crippen molar-refractivity contribution < 1.29 is 4.74 Å². The fraction of sp³-hybridized carbons (Fsp3) is 0.148. The molecule has 1 aromatic carbocycles. The second-order valence-corrected chi connectivity index (χ2v) is 8.73. The number of benzene rings is 1. The molecule has 9 nitrogen and oxygen atoms in total. The quantitative estimate of drug-likeness (QED) is 0.348. The number of fused-ring (bicyclic) bond motifs is 2. The number of nitrogens with zero attached hydrogens (tertiary/aromatic N) is 6. The molecule has 0 bridgehead atoms. The molecule has 36 heavy (non-hydrogen) atoms. The lowest BCUT2D eigenvalue weighted by Gasteiger charge is -2.11. The summed E-state index contributed by atoms with van der Waals surface area (Å²) in [5, 5.41) is 7.61. The molecule has 9 heteroatoms. The van der Waals surface area contributed by atoms with Gasteiger partial charge in [0.15, 0.2) is 11.5 Å². The molecule has 0 aliphatic carbocycles. The molecule has 0 amide bonds. The lowest BCUT2D eigenvalue weighted by molar-refractivity contribution is 0.261. The average molecular weight is 477 g/mol. The van der Waals surface area contributed by atoms with Crippen molar-refractivity contribution in [3.05, 3.63) is 73.2 Å². The zero-order valence-electron chi connectivity index (χ0n) is 19.9. The van der Waals surface area contributed by atoms with E-state index in [1.807, 2.05) is 68.7 Å². The second-order valence-electron chi connectivity index (χ2n) is 8.73. The summed E-state index contributed by atoms with van der Waals surface area (Å²) in [4.78, 5) is 24.1. The number of rotatable bonds is 7. The minimum atomic E-state index is 0.586. The fourth-order valence-corrected chi connectivity index (χ4v) is 4.08. The Morgan fingerprint density at radius 1 is 0.889 bits per heavy atom. The molecule has 0 saturated heterocycles. The van der Waals surface area contributed by atoms with Gasteiger partial charge in [0.1, 0.15) is 17.9 Å². The monoisotopic (exact) mass is 476 g/mol. The Morgan fingerprint density at radius 3 is 2.69 bits per heavy atom. The molecule has 0 aliphatic rings. The zero-order chi connectivity index (χ0) is 24.5. The van der Waals surface area contributed by atoms with Crippen molar-refractivity contribution in [2.75, 3.05) is 27.2 Å². The minimum absolute atomic E-state index is 0.586. The normalized spacial score (nSPS) is 11.5. The van der Waals surface area contributed by atoms with Gasteiger partial charge in [-0.25, -0.2) is 9.97 Å². The molecule has 0 saturated carbocycles. The lowest BCUT2D eigenvalue weighted by atomic mass is 10.1. The van der Waals surface area contributed by atoms with Gasteiger partial charge in [0.25, 0.3) is 0 Å². The maximum absolute atomic E-state index is 5.86. The SMILES string of the molecule is CN(C)CCOc1cncc(-c2ccc3[nH]nc(-c4nc5c(-c6ccccn6)cccc5[nH]4)c3n2)c1. The Balaban J connectivity index is 1.38. The Labute approximate surface area is 207 Å². The van der Waals surface area contributed by atoms with E-state index in [0.29, 0.717) is 23.9 Å². The topological polar surface area (TPSA) is 109 Å². The standard InChI is InChI=1S/C27H24N8O/c1-35(2)12-13-36-18-14-17(15-28-16-18)20-9-10-23-25(30-20)26(34-33-23)27-31-22-8-5-6-19(24(22)32-27)21-7-3-4-11-29-21/h3-11,14-16H,12-13H2,1-2H3,(H,31,32)(H,33,34). The molecule has 5 heterocycles. The maximum Gasteiger partial charge on any atom is 0.161 e. The van der Waals surface area contributed by atoms with Crippen molar-refractivity contribution in [1.29, 1.82) is 0 Å². The number of para-hydroxylation sites is 1. The van der Waals surface area contributed by atoms with E-state index in [4.69, 9.17) is 14.7 Å². The zero-order valence-corrected chi connectivity index (χ0v) is 19.9. The van der Waals surface area contributed by atoms with Gasteiger partial charge in [0.05, 0.1) is 34.1 Å². The van der Waals surface area contributed by atoms with E-state index < -0.39 is 0 Å². The molecule has 6 aromatic rings. The Hall–Kier alpha value is -4.63. The number of ether oxygens (including phenoxy) is 1. The number of likely N-dealkylation sites (N-methyl/N-ethyl adjacent to an activating group) is 1. The number of hydrogen-bond donors (Lipinski definition) is 2. The number of imidazole rings is 1.